The molecular formula is C18H12ClF2N5O3S. The number of sulfonamides is 1. The number of benzene rings is 1. The van der Waals surface area contributed by atoms with Crippen molar-refractivity contribution in [3.05, 3.63) is 70.6 Å². The number of nitrogens with zero attached hydrogens (tertiary/aromatic N) is 3. The normalized spacial score (nSPS) is 11.7. The average molecular weight is 452 g/mol. The van der Waals surface area contributed by atoms with Crippen molar-refractivity contribution in [3.8, 4) is 0 Å². The lowest BCUT2D eigenvalue weighted by Crippen LogP contribution is -2.17. The van der Waals surface area contributed by atoms with Crippen LogP contribution in [0.1, 0.15) is 15.9 Å². The number of H-pyrrole nitrogens is 1. The molecule has 0 atom stereocenters. The van der Waals surface area contributed by atoms with Gasteiger partial charge >= 0.3 is 0 Å². The third-order valence-electron chi connectivity index (χ3n) is 4.27. The van der Waals surface area contributed by atoms with E-state index in [1.807, 2.05) is 4.72 Å². The van der Waals surface area contributed by atoms with Crippen LogP contribution in [0.25, 0.3) is 11.0 Å². The van der Waals surface area contributed by atoms with Gasteiger partial charge in [-0.25, -0.2) is 13.8 Å². The molecule has 1 aromatic carbocycles. The maximum Gasteiger partial charge on any atom is 0.281 e. The van der Waals surface area contributed by atoms with Gasteiger partial charge in [0.25, 0.3) is 10.0 Å². The van der Waals surface area contributed by atoms with Crippen LogP contribution in [-0.2, 0) is 17.1 Å². The van der Waals surface area contributed by atoms with E-state index >= 15 is 4.39 Å². The first kappa shape index (κ1) is 20.0. The molecule has 0 amide bonds. The topological polar surface area (TPSA) is 110 Å². The first-order chi connectivity index (χ1) is 14.2. The Balaban J connectivity index is 1.78. The number of rotatable bonds is 5. The first-order valence-electron chi connectivity index (χ1n) is 8.35. The van der Waals surface area contributed by atoms with E-state index in [1.54, 1.807) is 0 Å². The largest absolute Gasteiger partial charge is 0.345 e. The number of carbonyl (C=O) groups is 1. The average Bonchev–Trinajstić information content (AvgIpc) is 3.30. The zero-order valence-corrected chi connectivity index (χ0v) is 16.7. The molecule has 0 aliphatic heterocycles. The summed E-state index contributed by atoms with van der Waals surface area (Å²) >= 11 is 5.90. The van der Waals surface area contributed by atoms with Gasteiger partial charge in [0, 0.05) is 36.6 Å². The summed E-state index contributed by atoms with van der Waals surface area (Å²) in [5.41, 5.74) is -1.28. The van der Waals surface area contributed by atoms with Crippen molar-refractivity contribution in [3.63, 3.8) is 0 Å². The molecule has 0 saturated carbocycles. The molecule has 0 unspecified atom stereocenters. The van der Waals surface area contributed by atoms with Crippen molar-refractivity contribution < 1.29 is 22.0 Å². The highest BCUT2D eigenvalue weighted by molar-refractivity contribution is 7.92. The lowest BCUT2D eigenvalue weighted by molar-refractivity contribution is 0.103. The van der Waals surface area contributed by atoms with Gasteiger partial charge in [0.2, 0.25) is 5.78 Å². The molecule has 0 saturated heterocycles. The molecule has 3 aromatic heterocycles. The van der Waals surface area contributed by atoms with Gasteiger partial charge in [0.05, 0.1) is 16.3 Å². The molecule has 12 heteroatoms. The molecule has 0 bridgehead atoms. The molecule has 4 aromatic rings. The van der Waals surface area contributed by atoms with Gasteiger partial charge in [-0.2, -0.15) is 13.5 Å². The van der Waals surface area contributed by atoms with Crippen molar-refractivity contribution in [2.24, 2.45) is 7.05 Å². The molecule has 0 fully saturated rings. The van der Waals surface area contributed by atoms with E-state index in [0.717, 1.165) is 12.1 Å². The summed E-state index contributed by atoms with van der Waals surface area (Å²) in [4.78, 5) is 19.6. The molecule has 0 aliphatic carbocycles. The Morgan fingerprint density at radius 1 is 1.27 bits per heavy atom. The predicted octanol–water partition coefficient (Wildman–Crippen LogP) is 3.26. The SMILES string of the molecule is Cn1ccc(S(=O)(=O)Nc2ccc(F)c(C(=O)c3c[nH]c4ncc(Cl)cc34)c2F)n1. The third-order valence-corrected chi connectivity index (χ3v) is 5.73. The molecule has 154 valence electrons. The molecule has 0 spiro atoms. The predicted molar refractivity (Wildman–Crippen MR) is 105 cm³/mol. The second kappa shape index (κ2) is 7.18. The van der Waals surface area contributed by atoms with Crippen molar-refractivity contribution in [1.82, 2.24) is 19.7 Å². The number of nitrogens with one attached hydrogen (secondary N) is 2. The first-order valence-corrected chi connectivity index (χ1v) is 10.2. The minimum absolute atomic E-state index is 0.0671. The summed E-state index contributed by atoms with van der Waals surface area (Å²) in [5, 5.41) is 3.88. The maximum atomic E-state index is 15.0. The maximum absolute atomic E-state index is 15.0. The Labute approximate surface area is 173 Å². The van der Waals surface area contributed by atoms with Crippen LogP contribution in [0.5, 0.6) is 0 Å². The summed E-state index contributed by atoms with van der Waals surface area (Å²) in [7, 11) is -2.74. The Hall–Kier alpha value is -3.31. The molecule has 0 aliphatic rings. The lowest BCUT2D eigenvalue weighted by Gasteiger charge is -2.11. The number of halogens is 3. The fourth-order valence-electron chi connectivity index (χ4n) is 2.87. The second-order valence-electron chi connectivity index (χ2n) is 6.30. The van der Waals surface area contributed by atoms with E-state index in [1.165, 1.54) is 42.5 Å². The van der Waals surface area contributed by atoms with Crippen molar-refractivity contribution in [2.45, 2.75) is 5.03 Å². The molecule has 30 heavy (non-hydrogen) atoms. The summed E-state index contributed by atoms with van der Waals surface area (Å²) < 4.78 is 57.5. The molecule has 0 radical (unpaired) electrons. The Kier molecular flexibility index (Phi) is 4.79. The van der Waals surface area contributed by atoms with Crippen molar-refractivity contribution >= 4 is 44.1 Å². The van der Waals surface area contributed by atoms with Crippen molar-refractivity contribution in [2.75, 3.05) is 4.72 Å². The molecule has 8 nitrogen and oxygen atoms in total. The number of aryl methyl sites for hydroxylation is 1. The highest BCUT2D eigenvalue weighted by Gasteiger charge is 2.27. The number of carbonyl (C=O) groups excluding carboxylic acids is 1. The number of fused-ring (bicyclic) bond motifs is 1. The Morgan fingerprint density at radius 3 is 2.73 bits per heavy atom. The van der Waals surface area contributed by atoms with Crippen LogP contribution in [0, 0.1) is 11.6 Å². The third kappa shape index (κ3) is 3.42. The van der Waals surface area contributed by atoms with E-state index in [2.05, 4.69) is 15.1 Å². The highest BCUT2D eigenvalue weighted by Crippen LogP contribution is 2.28. The molecule has 4 rings (SSSR count). The number of ketones is 1. The number of hydrogen-bond donors (Lipinski definition) is 2. The quantitative estimate of drug-likeness (QED) is 0.452. The van der Waals surface area contributed by atoms with Crippen LogP contribution in [0.2, 0.25) is 5.02 Å². The van der Waals surface area contributed by atoms with Crippen LogP contribution in [0.15, 0.2) is 47.9 Å². The smallest absolute Gasteiger partial charge is 0.281 e. The number of hydrogen-bond acceptors (Lipinski definition) is 5. The summed E-state index contributed by atoms with van der Waals surface area (Å²) in [6.45, 7) is 0. The number of aromatic nitrogens is 4. The number of pyridine rings is 1. The van der Waals surface area contributed by atoms with Crippen LogP contribution < -0.4 is 4.72 Å². The second-order valence-corrected chi connectivity index (χ2v) is 8.36. The molecule has 3 heterocycles. The van der Waals surface area contributed by atoms with Crippen LogP contribution in [0.4, 0.5) is 14.5 Å². The standard InChI is InChI=1S/C18H12ClF2N5O3S/c1-26-5-4-14(24-26)30(28,29)25-13-3-2-12(20)15(16(13)21)17(27)11-8-23-18-10(11)6-9(19)7-22-18/h2-8,25H,1H3,(H,22,23). The molecule has 2 N–H and O–H groups in total. The monoisotopic (exact) mass is 451 g/mol. The van der Waals surface area contributed by atoms with Gasteiger partial charge in [-0.1, -0.05) is 11.6 Å². The van der Waals surface area contributed by atoms with Crippen LogP contribution in [0.3, 0.4) is 0 Å². The van der Waals surface area contributed by atoms with Crippen molar-refractivity contribution in [1.29, 1.82) is 0 Å². The summed E-state index contributed by atoms with van der Waals surface area (Å²) in [5.74, 6) is -3.51. The Morgan fingerprint density at radius 2 is 2.03 bits per heavy atom. The van der Waals surface area contributed by atoms with E-state index in [0.29, 0.717) is 5.65 Å². The minimum Gasteiger partial charge on any atom is -0.345 e. The van der Waals surface area contributed by atoms with Gasteiger partial charge in [0.15, 0.2) is 10.8 Å². The van der Waals surface area contributed by atoms with E-state index in [9.17, 15) is 17.6 Å². The number of anilines is 1. The van der Waals surface area contributed by atoms with E-state index < -0.39 is 38.7 Å². The lowest BCUT2D eigenvalue weighted by atomic mass is 10.0. The van der Waals surface area contributed by atoms with Crippen LogP contribution in [-0.4, -0.2) is 33.9 Å². The van der Waals surface area contributed by atoms with E-state index in [-0.39, 0.29) is 21.0 Å². The zero-order valence-electron chi connectivity index (χ0n) is 15.1. The van der Waals surface area contributed by atoms with Gasteiger partial charge in [-0.15, -0.1) is 0 Å². The number of aromatic amines is 1. The van der Waals surface area contributed by atoms with Gasteiger partial charge in [-0.05, 0) is 24.3 Å². The molecular weight excluding hydrogens is 440 g/mol. The van der Waals surface area contributed by atoms with Gasteiger partial charge < -0.3 is 4.98 Å². The van der Waals surface area contributed by atoms with Gasteiger partial charge in [0.1, 0.15) is 11.5 Å². The van der Waals surface area contributed by atoms with Gasteiger partial charge in [-0.3, -0.25) is 14.2 Å². The fraction of sp³-hybridized carbons (Fsp3) is 0.0556. The fourth-order valence-corrected chi connectivity index (χ4v) is 4.06. The minimum atomic E-state index is -4.25. The van der Waals surface area contributed by atoms with E-state index in [4.69, 9.17) is 11.6 Å². The van der Waals surface area contributed by atoms with Crippen LogP contribution >= 0.6 is 11.6 Å². The summed E-state index contributed by atoms with van der Waals surface area (Å²) in [6, 6.07) is 4.32. The Bertz CT molecular complexity index is 1410. The summed E-state index contributed by atoms with van der Waals surface area (Å²) in [6.07, 6.45) is 3.99. The zero-order chi connectivity index (χ0) is 21.6. The highest BCUT2D eigenvalue weighted by atomic mass is 35.5.